The van der Waals surface area contributed by atoms with E-state index in [1.165, 1.54) is 57.8 Å². The summed E-state index contributed by atoms with van der Waals surface area (Å²) >= 11 is 0. The van der Waals surface area contributed by atoms with Gasteiger partial charge in [-0.25, -0.2) is 0 Å². The molecule has 146 valence electrons. The van der Waals surface area contributed by atoms with Crippen LogP contribution >= 0.6 is 0 Å². The molecule has 0 aliphatic heterocycles. The van der Waals surface area contributed by atoms with Crippen LogP contribution in [0, 0.1) is 5.41 Å². The summed E-state index contributed by atoms with van der Waals surface area (Å²) in [7, 11) is 0. The first kappa shape index (κ1) is 25.7. The van der Waals surface area contributed by atoms with Crippen LogP contribution in [0.5, 0.6) is 0 Å². The van der Waals surface area contributed by atoms with Gasteiger partial charge in [0.25, 0.3) is 0 Å². The SMILES string of the molecule is CCC(CC)(CC)C(=O)O.CCCCC(N)(CCCC)CCCC. The van der Waals surface area contributed by atoms with Gasteiger partial charge in [0.05, 0.1) is 5.41 Å². The van der Waals surface area contributed by atoms with Crippen molar-refractivity contribution in [3.8, 4) is 0 Å². The fourth-order valence-corrected chi connectivity index (χ4v) is 3.17. The van der Waals surface area contributed by atoms with Crippen LogP contribution in [-0.4, -0.2) is 16.6 Å². The summed E-state index contributed by atoms with van der Waals surface area (Å²) in [5, 5.41) is 8.82. The minimum atomic E-state index is -0.653. The third kappa shape index (κ3) is 10.3. The lowest BCUT2D eigenvalue weighted by atomic mass is 9.80. The van der Waals surface area contributed by atoms with E-state index < -0.39 is 11.4 Å². The van der Waals surface area contributed by atoms with Crippen molar-refractivity contribution in [2.24, 2.45) is 11.1 Å². The lowest BCUT2D eigenvalue weighted by Gasteiger charge is -2.29. The van der Waals surface area contributed by atoms with Gasteiger partial charge in [0.1, 0.15) is 0 Å². The summed E-state index contributed by atoms with van der Waals surface area (Å²) < 4.78 is 0. The van der Waals surface area contributed by atoms with Crippen LogP contribution in [0.15, 0.2) is 0 Å². The topological polar surface area (TPSA) is 63.3 Å². The van der Waals surface area contributed by atoms with Crippen LogP contribution in [0.4, 0.5) is 0 Å². The molecule has 0 saturated carbocycles. The summed E-state index contributed by atoms with van der Waals surface area (Å²) in [6.45, 7) is 12.5. The average Bonchev–Trinajstić information content (AvgIpc) is 2.59. The highest BCUT2D eigenvalue weighted by Gasteiger charge is 2.32. The van der Waals surface area contributed by atoms with Gasteiger partial charge in [0, 0.05) is 5.54 Å². The molecule has 0 amide bonds. The number of carboxylic acid groups (broad SMARTS) is 1. The van der Waals surface area contributed by atoms with E-state index >= 15 is 0 Å². The molecule has 0 fully saturated rings. The van der Waals surface area contributed by atoms with Gasteiger partial charge in [-0.05, 0) is 38.5 Å². The summed E-state index contributed by atoms with van der Waals surface area (Å²) in [4.78, 5) is 10.7. The van der Waals surface area contributed by atoms with Crippen molar-refractivity contribution in [2.75, 3.05) is 0 Å². The van der Waals surface area contributed by atoms with Gasteiger partial charge in [0.15, 0.2) is 0 Å². The predicted molar refractivity (Wildman–Crippen MR) is 106 cm³/mol. The highest BCUT2D eigenvalue weighted by atomic mass is 16.4. The van der Waals surface area contributed by atoms with Crippen LogP contribution in [0.2, 0.25) is 0 Å². The van der Waals surface area contributed by atoms with Crippen LogP contribution < -0.4 is 5.73 Å². The smallest absolute Gasteiger partial charge is 0.309 e. The van der Waals surface area contributed by atoms with E-state index in [2.05, 4.69) is 20.8 Å². The zero-order chi connectivity index (χ0) is 19.1. The quantitative estimate of drug-likeness (QED) is 0.399. The molecule has 0 spiro atoms. The molecule has 3 N–H and O–H groups in total. The van der Waals surface area contributed by atoms with E-state index in [0.717, 1.165) is 19.3 Å². The third-order valence-electron chi connectivity index (χ3n) is 5.57. The monoisotopic (exact) mass is 343 g/mol. The van der Waals surface area contributed by atoms with Gasteiger partial charge in [-0.3, -0.25) is 4.79 Å². The Kier molecular flexibility index (Phi) is 15.8. The zero-order valence-electron chi connectivity index (χ0n) is 17.4. The number of hydrogen-bond donors (Lipinski definition) is 2. The number of aliphatic carboxylic acids is 1. The average molecular weight is 344 g/mol. The van der Waals surface area contributed by atoms with E-state index in [0.29, 0.717) is 0 Å². The van der Waals surface area contributed by atoms with Crippen LogP contribution in [-0.2, 0) is 4.79 Å². The molecule has 0 aliphatic rings. The minimum Gasteiger partial charge on any atom is -0.481 e. The molecule has 0 aromatic heterocycles. The first-order chi connectivity index (χ1) is 11.3. The van der Waals surface area contributed by atoms with Crippen molar-refractivity contribution in [2.45, 2.75) is 124 Å². The maximum atomic E-state index is 10.7. The Morgan fingerprint density at radius 3 is 1.17 bits per heavy atom. The van der Waals surface area contributed by atoms with Crippen molar-refractivity contribution >= 4 is 5.97 Å². The van der Waals surface area contributed by atoms with Crippen molar-refractivity contribution in [1.29, 1.82) is 0 Å². The number of nitrogens with two attached hydrogens (primary N) is 1. The number of unbranched alkanes of at least 4 members (excludes halogenated alkanes) is 3. The summed E-state index contributed by atoms with van der Waals surface area (Å²) in [5.74, 6) is -0.653. The van der Waals surface area contributed by atoms with Crippen LogP contribution in [0.3, 0.4) is 0 Å². The molecule has 0 bridgehead atoms. The lowest BCUT2D eigenvalue weighted by Crippen LogP contribution is -2.39. The summed E-state index contributed by atoms with van der Waals surface area (Å²) in [6.07, 6.45) is 13.6. The second-order valence-corrected chi connectivity index (χ2v) is 7.32. The van der Waals surface area contributed by atoms with Gasteiger partial charge in [-0.1, -0.05) is 80.1 Å². The molecule has 24 heavy (non-hydrogen) atoms. The highest BCUT2D eigenvalue weighted by Crippen LogP contribution is 2.30. The molecule has 0 saturated heterocycles. The molecule has 3 nitrogen and oxygen atoms in total. The Balaban J connectivity index is 0. The number of carbonyl (C=O) groups is 1. The van der Waals surface area contributed by atoms with E-state index in [1.807, 2.05) is 20.8 Å². The molecule has 0 rings (SSSR count). The Morgan fingerprint density at radius 1 is 0.750 bits per heavy atom. The zero-order valence-corrected chi connectivity index (χ0v) is 17.4. The molecule has 0 aromatic rings. The predicted octanol–water partition coefficient (Wildman–Crippen LogP) is 6.54. The Bertz CT molecular complexity index is 268. The molecular weight excluding hydrogens is 298 g/mol. The maximum Gasteiger partial charge on any atom is 0.309 e. The molecule has 0 aromatic carbocycles. The van der Waals surface area contributed by atoms with Gasteiger partial charge in [-0.2, -0.15) is 0 Å². The van der Waals surface area contributed by atoms with Gasteiger partial charge in [-0.15, -0.1) is 0 Å². The molecule has 0 heterocycles. The molecule has 0 atom stereocenters. The Labute approximate surface area is 151 Å². The number of carboxylic acids is 1. The fourth-order valence-electron chi connectivity index (χ4n) is 3.17. The van der Waals surface area contributed by atoms with Crippen molar-refractivity contribution in [1.82, 2.24) is 0 Å². The normalized spacial score (nSPS) is 11.8. The first-order valence-corrected chi connectivity index (χ1v) is 10.3. The van der Waals surface area contributed by atoms with Crippen LogP contribution in [0.1, 0.15) is 119 Å². The maximum absolute atomic E-state index is 10.7. The summed E-state index contributed by atoms with van der Waals surface area (Å²) in [6, 6.07) is 0. The van der Waals surface area contributed by atoms with Crippen molar-refractivity contribution in [3.63, 3.8) is 0 Å². The van der Waals surface area contributed by atoms with E-state index in [1.54, 1.807) is 0 Å². The van der Waals surface area contributed by atoms with Crippen molar-refractivity contribution in [3.05, 3.63) is 0 Å². The van der Waals surface area contributed by atoms with Gasteiger partial charge < -0.3 is 10.8 Å². The lowest BCUT2D eigenvalue weighted by molar-refractivity contribution is -0.149. The number of rotatable bonds is 13. The molecule has 0 unspecified atom stereocenters. The third-order valence-corrected chi connectivity index (χ3v) is 5.57. The minimum absolute atomic E-state index is 0.155. The second kappa shape index (κ2) is 14.7. The Hall–Kier alpha value is -0.570. The molecule has 0 radical (unpaired) electrons. The van der Waals surface area contributed by atoms with Gasteiger partial charge >= 0.3 is 5.97 Å². The van der Waals surface area contributed by atoms with E-state index in [9.17, 15) is 4.79 Å². The first-order valence-electron chi connectivity index (χ1n) is 10.3. The fraction of sp³-hybridized carbons (Fsp3) is 0.952. The van der Waals surface area contributed by atoms with E-state index in [4.69, 9.17) is 10.8 Å². The Morgan fingerprint density at radius 2 is 1.04 bits per heavy atom. The largest absolute Gasteiger partial charge is 0.481 e. The van der Waals surface area contributed by atoms with Crippen LogP contribution in [0.25, 0.3) is 0 Å². The highest BCUT2D eigenvalue weighted by molar-refractivity contribution is 5.74. The molecule has 3 heteroatoms. The second-order valence-electron chi connectivity index (χ2n) is 7.32. The standard InChI is InChI=1S/C13H29N.C8H16O2/c1-4-7-10-13(14,11-8-5-2)12-9-6-3;1-4-8(5-2,6-3)7(9)10/h4-12,14H2,1-3H3;4-6H2,1-3H3,(H,9,10). The molecule has 0 aliphatic carbocycles. The molecular formula is C21H45NO2. The van der Waals surface area contributed by atoms with Crippen molar-refractivity contribution < 1.29 is 9.90 Å². The number of hydrogen-bond acceptors (Lipinski definition) is 2. The van der Waals surface area contributed by atoms with E-state index in [-0.39, 0.29) is 5.54 Å². The van der Waals surface area contributed by atoms with Gasteiger partial charge in [0.2, 0.25) is 0 Å². The summed E-state index contributed by atoms with van der Waals surface area (Å²) in [5.41, 5.74) is 6.15.